The summed E-state index contributed by atoms with van der Waals surface area (Å²) < 4.78 is 184. The zero-order valence-corrected chi connectivity index (χ0v) is 74.1. The number of anilines is 5. The van der Waals surface area contributed by atoms with Crippen molar-refractivity contribution in [1.82, 2.24) is 21.5 Å². The van der Waals surface area contributed by atoms with Crippen LogP contribution in [0.3, 0.4) is 0 Å². The Labute approximate surface area is 726 Å². The minimum absolute atomic E-state index is 0.0176. The van der Waals surface area contributed by atoms with Gasteiger partial charge in [-0.2, -0.15) is 12.9 Å². The largest absolute Gasteiger partial charge is 0.326 e. The van der Waals surface area contributed by atoms with Crippen molar-refractivity contribution < 1.29 is 83.6 Å². The molecule has 5 N–H and O–H groups in total. The number of benzene rings is 8. The molecule has 5 amide bonds. The fourth-order valence-electron chi connectivity index (χ4n) is 13.1. The van der Waals surface area contributed by atoms with E-state index in [1.54, 1.807) is 122 Å². The molecule has 0 bridgehead atoms. The summed E-state index contributed by atoms with van der Waals surface area (Å²) in [6, 6.07) is 46.0. The van der Waals surface area contributed by atoms with E-state index >= 15 is 0 Å². The molecule has 5 aliphatic heterocycles. The van der Waals surface area contributed by atoms with Gasteiger partial charge in [-0.3, -0.25) is 24.0 Å². The average molecular weight is 1950 g/mol. The molecule has 0 aliphatic carbocycles. The van der Waals surface area contributed by atoms with Crippen LogP contribution in [-0.4, -0.2) is 171 Å². The maximum Gasteiger partial charge on any atom is 0.243 e. The molecule has 0 spiro atoms. The van der Waals surface area contributed by atoms with Crippen molar-refractivity contribution >= 4 is 186 Å². The third-order valence-corrected chi connectivity index (χ3v) is 31.4. The number of nitrogens with one attached hydrogen (secondary N) is 5. The van der Waals surface area contributed by atoms with Gasteiger partial charge in [-0.25, -0.2) is 68.3 Å². The standard InChI is InChI=1S/2C18H18BrClN2O3S.C18H18F2N2O3S.C13H16ClFN2O3S.C12H14ClFN2O3S/c19-16-11-14(8-9-17(16)20)21-18(23)13-5-4-10-22(12-13)26(24,25)15-6-2-1-3-7-15;2*19-16-9-8-14(11-17(16)20)21-18(23)13-5-4-10-22(12-13)26(24,25)15-6-2-1-3-7-15;1-2-21(19,20)17-6-5-9(8-17)13(18)16-10-3-4-11(14)12(15)7-10;1-20(18,19)16-5-4-8(7-16)12(17)15-9-2-3-10(13)11(14)6-9/h3*1-3,6-9,11,13H,4-5,10,12H2,(H,21,23);3-4,7,9H,2,5-6,8H2,1H3,(H,16,18);2-3,6,8H,4-5,7H2,1H3,(H,15,17)/t3*13-;;/m000../s1. The highest BCUT2D eigenvalue weighted by molar-refractivity contribution is 9.11. The van der Waals surface area contributed by atoms with Crippen LogP contribution in [0.25, 0.3) is 0 Å². The summed E-state index contributed by atoms with van der Waals surface area (Å²) in [5.41, 5.74) is 1.95. The molecule has 119 heavy (non-hydrogen) atoms. The van der Waals surface area contributed by atoms with Crippen LogP contribution < -0.4 is 26.6 Å². The topological polar surface area (TPSA) is 332 Å². The van der Waals surface area contributed by atoms with Crippen LogP contribution in [0.1, 0.15) is 58.3 Å². The van der Waals surface area contributed by atoms with Gasteiger partial charge < -0.3 is 26.6 Å². The smallest absolute Gasteiger partial charge is 0.243 e. The second kappa shape index (κ2) is 43.0. The molecule has 8 aromatic carbocycles. The maximum atomic E-state index is 13.3. The summed E-state index contributed by atoms with van der Waals surface area (Å²) in [6.45, 7) is 4.13. The van der Waals surface area contributed by atoms with Gasteiger partial charge in [0.25, 0.3) is 0 Å². The Morgan fingerprint density at radius 1 is 0.345 bits per heavy atom. The van der Waals surface area contributed by atoms with Crippen LogP contribution in [0.2, 0.25) is 20.1 Å². The molecule has 5 heterocycles. The highest BCUT2D eigenvalue weighted by atomic mass is 79.9. The zero-order chi connectivity index (χ0) is 86.7. The first-order valence-corrected chi connectivity index (χ1v) is 48.0. The first kappa shape index (κ1) is 95.3. The third kappa shape index (κ3) is 26.8. The van der Waals surface area contributed by atoms with Crippen molar-refractivity contribution in [2.24, 2.45) is 29.6 Å². The number of hydrogen-bond donors (Lipinski definition) is 5. The van der Waals surface area contributed by atoms with E-state index in [4.69, 9.17) is 46.4 Å². The van der Waals surface area contributed by atoms with Crippen LogP contribution in [0.5, 0.6) is 0 Å². The van der Waals surface area contributed by atoms with Crippen molar-refractivity contribution in [3.8, 4) is 0 Å². The normalized spacial score (nSPS) is 18.9. The monoisotopic (exact) mass is 1950 g/mol. The summed E-state index contributed by atoms with van der Waals surface area (Å²) >= 11 is 29.8. The number of rotatable bonds is 19. The molecule has 0 aromatic heterocycles. The van der Waals surface area contributed by atoms with Crippen molar-refractivity contribution in [2.75, 3.05) is 104 Å². The molecule has 13 rings (SSSR count). The predicted molar refractivity (Wildman–Crippen MR) is 458 cm³/mol. The lowest BCUT2D eigenvalue weighted by molar-refractivity contribution is -0.121. The van der Waals surface area contributed by atoms with Gasteiger partial charge >= 0.3 is 0 Å². The zero-order valence-electron chi connectivity index (χ0n) is 63.8. The lowest BCUT2D eigenvalue weighted by atomic mass is 9.98. The van der Waals surface area contributed by atoms with Gasteiger partial charge in [0.05, 0.1) is 76.4 Å². The van der Waals surface area contributed by atoms with Gasteiger partial charge in [0.15, 0.2) is 11.6 Å². The number of halogens is 10. The summed E-state index contributed by atoms with van der Waals surface area (Å²) in [5.74, 6) is -6.91. The molecule has 5 atom stereocenters. The fraction of sp³-hybridized carbons (Fsp3) is 0.329. The van der Waals surface area contributed by atoms with E-state index in [2.05, 4.69) is 58.4 Å². The van der Waals surface area contributed by atoms with E-state index in [-0.39, 0.29) is 92.5 Å². The van der Waals surface area contributed by atoms with Crippen molar-refractivity contribution in [3.05, 3.63) is 234 Å². The van der Waals surface area contributed by atoms with Gasteiger partial charge in [0.1, 0.15) is 11.6 Å². The molecule has 5 aliphatic rings. The van der Waals surface area contributed by atoms with Gasteiger partial charge in [-0.1, -0.05) is 101 Å². The number of hydrogen-bond acceptors (Lipinski definition) is 15. The number of carbonyl (C=O) groups is 5. The molecule has 0 radical (unpaired) electrons. The number of sulfonamides is 5. The number of nitrogens with zero attached hydrogens (tertiary/aromatic N) is 5. The van der Waals surface area contributed by atoms with E-state index in [0.717, 1.165) is 35.0 Å². The minimum atomic E-state index is -3.67. The molecule has 5 fully saturated rings. The van der Waals surface area contributed by atoms with Crippen molar-refractivity contribution in [1.29, 1.82) is 0 Å². The van der Waals surface area contributed by atoms with Crippen LogP contribution in [-0.2, 0) is 74.1 Å². The van der Waals surface area contributed by atoms with Crippen molar-refractivity contribution in [3.63, 3.8) is 0 Å². The fourth-order valence-corrected chi connectivity index (χ4v) is 20.9. The molecule has 2 unspecified atom stereocenters. The van der Waals surface area contributed by atoms with Gasteiger partial charge in [-0.05, 0) is 211 Å². The molecule has 640 valence electrons. The van der Waals surface area contributed by atoms with Crippen LogP contribution >= 0.6 is 78.3 Å². The molecule has 40 heteroatoms. The Bertz CT molecular complexity index is 5220. The molecule has 5 saturated heterocycles. The van der Waals surface area contributed by atoms with Gasteiger partial charge in [0, 0.05) is 109 Å². The maximum absolute atomic E-state index is 13.3. The highest BCUT2D eigenvalue weighted by Crippen LogP contribution is 2.33. The Morgan fingerprint density at radius 3 is 0.975 bits per heavy atom. The van der Waals surface area contributed by atoms with Crippen molar-refractivity contribution in [2.45, 2.75) is 73.0 Å². The van der Waals surface area contributed by atoms with E-state index in [0.29, 0.717) is 121 Å². The van der Waals surface area contributed by atoms with E-state index < -0.39 is 109 Å². The lowest BCUT2D eigenvalue weighted by Crippen LogP contribution is -2.43. The van der Waals surface area contributed by atoms with E-state index in [9.17, 15) is 83.6 Å². The number of piperidine rings is 3. The predicted octanol–water partition coefficient (Wildman–Crippen LogP) is 15.1. The third-order valence-electron chi connectivity index (χ3n) is 19.6. The van der Waals surface area contributed by atoms with E-state index in [1.807, 2.05) is 0 Å². The summed E-state index contributed by atoms with van der Waals surface area (Å²) in [7, 11) is -17.4. The SMILES string of the molecule is CCS(=O)(=O)N1CCC(C(=O)Nc2ccc(Cl)c(F)c2)C1.CS(=O)(=O)N1CCC(C(=O)Nc2ccc(Cl)c(F)c2)C1.O=C(Nc1ccc(Br)c(Cl)c1)[C@H]1CCCN(S(=O)(=O)c2ccccc2)C1.O=C(Nc1ccc(Cl)c(Br)c1)[C@H]1CCCN(S(=O)(=O)c2ccccc2)C1.O=C(Nc1ccc(F)c(F)c1)[C@H]1CCCN(S(=O)(=O)c2ccccc2)C1. The number of carbonyl (C=O) groups excluding carboxylic acids is 5. The van der Waals surface area contributed by atoms with Gasteiger partial charge in [0.2, 0.25) is 79.7 Å². The second-order valence-corrected chi connectivity index (χ2v) is 41.4. The number of amides is 5. The molecular formula is C79H84Br2Cl4F4N10O15S5. The van der Waals surface area contributed by atoms with Crippen LogP contribution in [0, 0.1) is 52.9 Å². The Hall–Kier alpha value is -7.50. The highest BCUT2D eigenvalue weighted by Gasteiger charge is 2.39. The molecule has 8 aromatic rings. The summed E-state index contributed by atoms with van der Waals surface area (Å²) in [4.78, 5) is 62.4. The summed E-state index contributed by atoms with van der Waals surface area (Å²) in [5, 5.41) is 14.4. The Morgan fingerprint density at radius 2 is 0.647 bits per heavy atom. The molecule has 0 saturated carbocycles. The van der Waals surface area contributed by atoms with Gasteiger partial charge in [-0.15, -0.1) is 0 Å². The minimum Gasteiger partial charge on any atom is -0.326 e. The Kier molecular flexibility index (Phi) is 34.5. The average Bonchev–Trinajstić information content (AvgIpc) is 1.65. The quantitative estimate of drug-likeness (QED) is 0.0470. The second-order valence-electron chi connectivity index (χ2n) is 28.0. The summed E-state index contributed by atoms with van der Waals surface area (Å²) in [6.07, 6.45) is 5.69. The Balaban J connectivity index is 0.000000170. The molecular weight excluding hydrogens is 1870 g/mol. The first-order chi connectivity index (χ1) is 56.2. The van der Waals surface area contributed by atoms with Crippen LogP contribution in [0.4, 0.5) is 46.0 Å². The van der Waals surface area contributed by atoms with E-state index in [1.165, 1.54) is 64.0 Å². The lowest BCUT2D eigenvalue weighted by Gasteiger charge is -2.31. The molecule has 25 nitrogen and oxygen atoms in total. The van der Waals surface area contributed by atoms with Crippen LogP contribution in [0.15, 0.2) is 206 Å². The first-order valence-electron chi connectivity index (χ1n) is 37.1.